The van der Waals surface area contributed by atoms with Crippen LogP contribution in [-0.4, -0.2) is 56.5 Å². The van der Waals surface area contributed by atoms with Gasteiger partial charge in [0.25, 0.3) is 0 Å². The number of rotatable bonds is 7. The smallest absolute Gasteiger partial charge is 0.301 e. The maximum absolute atomic E-state index is 12.8. The van der Waals surface area contributed by atoms with Crippen LogP contribution in [0.25, 0.3) is 0 Å². The molecule has 1 unspecified atom stereocenters. The number of benzene rings is 2. The van der Waals surface area contributed by atoms with Gasteiger partial charge in [-0.25, -0.2) is 13.4 Å². The Balaban J connectivity index is 2.39. The summed E-state index contributed by atoms with van der Waals surface area (Å²) in [6, 6.07) is 12.3. The van der Waals surface area contributed by atoms with Gasteiger partial charge in [-0.2, -0.15) is 12.7 Å². The summed E-state index contributed by atoms with van der Waals surface area (Å²) in [4.78, 5) is 5.05. The van der Waals surface area contributed by atoms with Gasteiger partial charge in [-0.05, 0) is 42.8 Å². The first-order valence-electron chi connectivity index (χ1n) is 7.96. The average molecular weight is 446 g/mol. The highest BCUT2D eigenvalue weighted by atomic mass is 35.5. The van der Waals surface area contributed by atoms with Crippen molar-refractivity contribution in [3.8, 4) is 0 Å². The summed E-state index contributed by atoms with van der Waals surface area (Å²) in [7, 11) is -6.64. The Morgan fingerprint density at radius 3 is 2.21 bits per heavy atom. The minimum absolute atomic E-state index is 0.106. The third kappa shape index (κ3) is 5.09. The fourth-order valence-corrected chi connectivity index (χ4v) is 5.47. The molecule has 0 fully saturated rings. The summed E-state index contributed by atoms with van der Waals surface area (Å²) in [5.41, 5.74) is -0.654. The van der Waals surface area contributed by atoms with Gasteiger partial charge in [0.2, 0.25) is 15.5 Å². The molecule has 152 valence electrons. The molecular formula is C17H20ClN3O5S2. The van der Waals surface area contributed by atoms with E-state index in [0.29, 0.717) is 15.0 Å². The molecule has 2 aromatic rings. The fraction of sp³-hybridized carbons (Fsp3) is 0.235. The van der Waals surface area contributed by atoms with Crippen LogP contribution in [0.1, 0.15) is 5.56 Å². The van der Waals surface area contributed by atoms with Gasteiger partial charge in [0, 0.05) is 19.1 Å². The van der Waals surface area contributed by atoms with E-state index in [-0.39, 0.29) is 4.90 Å². The summed E-state index contributed by atoms with van der Waals surface area (Å²) in [5.74, 6) is 0. The maximum Gasteiger partial charge on any atom is 0.301 e. The van der Waals surface area contributed by atoms with Gasteiger partial charge in [0.15, 0.2) is 0 Å². The van der Waals surface area contributed by atoms with Crippen LogP contribution in [0.5, 0.6) is 0 Å². The van der Waals surface area contributed by atoms with Crippen LogP contribution < -0.4 is 0 Å². The number of hydrogen-bond acceptors (Lipinski definition) is 5. The van der Waals surface area contributed by atoms with E-state index in [2.05, 4.69) is 4.99 Å². The van der Waals surface area contributed by atoms with Crippen LogP contribution in [0.15, 0.2) is 58.4 Å². The highest BCUT2D eigenvalue weighted by molar-refractivity contribution is 7.91. The Labute approximate surface area is 169 Å². The van der Waals surface area contributed by atoms with Crippen molar-refractivity contribution in [1.82, 2.24) is 9.21 Å². The van der Waals surface area contributed by atoms with E-state index in [9.17, 15) is 21.4 Å². The number of nitrogens with zero attached hydrogens (tertiary/aromatic N) is 3. The Morgan fingerprint density at radius 2 is 1.68 bits per heavy atom. The van der Waals surface area contributed by atoms with Crippen LogP contribution in [0.3, 0.4) is 0 Å². The molecule has 0 bridgehead atoms. The minimum Gasteiger partial charge on any atom is -0.334 e. The van der Waals surface area contributed by atoms with E-state index in [1.54, 1.807) is 31.2 Å². The van der Waals surface area contributed by atoms with Crippen LogP contribution >= 0.6 is 11.6 Å². The first-order valence-corrected chi connectivity index (χ1v) is 11.3. The number of aliphatic imine (C=N–C) groups is 1. The number of halogens is 1. The lowest BCUT2D eigenvalue weighted by molar-refractivity contribution is 0.280. The topological polar surface area (TPSA) is 107 Å². The number of sulfonamides is 1. The zero-order valence-electron chi connectivity index (χ0n) is 15.4. The van der Waals surface area contributed by atoms with Crippen LogP contribution in [0.4, 0.5) is 5.69 Å². The largest absolute Gasteiger partial charge is 0.334 e. The molecule has 0 aliphatic carbocycles. The zero-order chi connectivity index (χ0) is 21.1. The molecule has 28 heavy (non-hydrogen) atoms. The predicted octanol–water partition coefficient (Wildman–Crippen LogP) is 2.73. The van der Waals surface area contributed by atoms with Crippen LogP contribution in [0, 0.1) is 6.92 Å². The SMILES string of the molecule is Cc1cc(Cl)ccc1N=CN(C)C(N(C)S(=O)(=O)c1ccccc1)S(=O)(=O)O. The number of hydrogen-bond donors (Lipinski definition) is 1. The molecule has 1 atom stereocenters. The van der Waals surface area contributed by atoms with E-state index < -0.39 is 25.6 Å². The van der Waals surface area contributed by atoms with Crippen LogP contribution in [0.2, 0.25) is 5.02 Å². The quantitative estimate of drug-likeness (QED) is 0.304. The molecule has 0 aromatic heterocycles. The highest BCUT2D eigenvalue weighted by Gasteiger charge is 2.38. The first-order chi connectivity index (χ1) is 12.9. The lowest BCUT2D eigenvalue weighted by atomic mass is 10.2. The minimum atomic E-state index is -4.82. The Morgan fingerprint density at radius 1 is 1.07 bits per heavy atom. The standard InChI is InChI=1S/C17H20ClN3O5S2/c1-13-11-14(18)9-10-16(13)19-12-20(2)17(28(24,25)26)21(3)27(22,23)15-7-5-4-6-8-15/h4-12,17H,1-3H3,(H,24,25,26). The fourth-order valence-electron chi connectivity index (χ4n) is 2.51. The van der Waals surface area contributed by atoms with Gasteiger partial charge in [-0.1, -0.05) is 29.8 Å². The molecule has 0 radical (unpaired) electrons. The van der Waals surface area contributed by atoms with Crippen molar-refractivity contribution >= 4 is 43.8 Å². The summed E-state index contributed by atoms with van der Waals surface area (Å²) in [5, 5.41) is 0.523. The highest BCUT2D eigenvalue weighted by Crippen LogP contribution is 2.23. The Kier molecular flexibility index (Phi) is 6.84. The van der Waals surface area contributed by atoms with Crippen molar-refractivity contribution in [3.63, 3.8) is 0 Å². The average Bonchev–Trinajstić information content (AvgIpc) is 2.60. The molecule has 0 amide bonds. The van der Waals surface area contributed by atoms with Crippen molar-refractivity contribution in [1.29, 1.82) is 0 Å². The molecule has 0 saturated carbocycles. The van der Waals surface area contributed by atoms with Crippen molar-refractivity contribution in [3.05, 3.63) is 59.1 Å². The second kappa shape index (κ2) is 8.58. The molecule has 8 nitrogen and oxygen atoms in total. The third-order valence-corrected chi connectivity index (χ3v) is 7.26. The molecule has 11 heteroatoms. The molecular weight excluding hydrogens is 426 g/mol. The summed E-state index contributed by atoms with van der Waals surface area (Å²) < 4.78 is 59.6. The van der Waals surface area contributed by atoms with E-state index >= 15 is 0 Å². The molecule has 0 saturated heterocycles. The van der Waals surface area contributed by atoms with E-state index in [4.69, 9.17) is 11.6 Å². The molecule has 2 rings (SSSR count). The van der Waals surface area contributed by atoms with Gasteiger partial charge in [-0.15, -0.1) is 0 Å². The zero-order valence-corrected chi connectivity index (χ0v) is 17.8. The van der Waals surface area contributed by atoms with Gasteiger partial charge >= 0.3 is 10.1 Å². The molecule has 2 aromatic carbocycles. The normalized spacial score (nSPS) is 13.8. The predicted molar refractivity (Wildman–Crippen MR) is 109 cm³/mol. The summed E-state index contributed by atoms with van der Waals surface area (Å²) in [6.45, 7) is 1.77. The van der Waals surface area contributed by atoms with Crippen LogP contribution in [-0.2, 0) is 20.1 Å². The van der Waals surface area contributed by atoms with Crippen molar-refractivity contribution < 1.29 is 21.4 Å². The third-order valence-electron chi connectivity index (χ3n) is 3.88. The van der Waals surface area contributed by atoms with E-state index in [1.165, 1.54) is 31.3 Å². The van der Waals surface area contributed by atoms with Gasteiger partial charge in [0.05, 0.1) is 16.9 Å². The second-order valence-corrected chi connectivity index (χ2v) is 9.90. The lowest BCUT2D eigenvalue weighted by Crippen LogP contribution is -2.51. The Hall–Kier alpha value is -1.98. The van der Waals surface area contributed by atoms with Gasteiger partial charge in [0.1, 0.15) is 0 Å². The summed E-state index contributed by atoms with van der Waals surface area (Å²) in [6.07, 6.45) is 1.13. The van der Waals surface area contributed by atoms with Crippen molar-refractivity contribution in [2.24, 2.45) is 4.99 Å². The van der Waals surface area contributed by atoms with E-state index in [1.807, 2.05) is 0 Å². The number of aryl methyl sites for hydroxylation is 1. The molecule has 0 aliphatic heterocycles. The summed E-state index contributed by atoms with van der Waals surface area (Å²) >= 11 is 5.89. The van der Waals surface area contributed by atoms with Crippen molar-refractivity contribution in [2.75, 3.05) is 14.1 Å². The molecule has 1 N–H and O–H groups in total. The Bertz CT molecular complexity index is 1070. The van der Waals surface area contributed by atoms with Gasteiger partial charge in [-0.3, -0.25) is 4.55 Å². The lowest BCUT2D eigenvalue weighted by Gasteiger charge is -2.30. The monoisotopic (exact) mass is 445 g/mol. The molecule has 0 heterocycles. The molecule has 0 aliphatic rings. The second-order valence-electron chi connectivity index (χ2n) is 6.02. The maximum atomic E-state index is 12.8. The van der Waals surface area contributed by atoms with Gasteiger partial charge < -0.3 is 4.90 Å². The van der Waals surface area contributed by atoms with Crippen molar-refractivity contribution in [2.45, 2.75) is 17.3 Å². The first kappa shape index (κ1) is 22.3. The molecule has 0 spiro atoms. The van der Waals surface area contributed by atoms with E-state index in [0.717, 1.165) is 23.8 Å².